The highest BCUT2D eigenvalue weighted by molar-refractivity contribution is 5.82. The number of hydrogen-bond donors (Lipinski definition) is 1. The largest absolute Gasteiger partial charge is 0.395 e. The maximum Gasteiger partial charge on any atom is 0.230 e. The molecule has 0 saturated carbocycles. The van der Waals surface area contributed by atoms with Crippen LogP contribution in [0.1, 0.15) is 27.2 Å². The molecule has 0 aliphatic carbocycles. The predicted molar refractivity (Wildman–Crippen MR) is 51.2 cm³/mol. The van der Waals surface area contributed by atoms with Gasteiger partial charge in [0.2, 0.25) is 5.91 Å². The van der Waals surface area contributed by atoms with Gasteiger partial charge < -0.3 is 10.0 Å². The van der Waals surface area contributed by atoms with E-state index >= 15 is 0 Å². The first-order chi connectivity index (χ1) is 5.97. The van der Waals surface area contributed by atoms with Crippen molar-refractivity contribution >= 4 is 5.91 Å². The van der Waals surface area contributed by atoms with Crippen LogP contribution in [0.3, 0.4) is 0 Å². The Bertz CT molecular complexity index is 201. The van der Waals surface area contributed by atoms with Gasteiger partial charge in [0.1, 0.15) is 0 Å². The molecule has 0 spiro atoms. The van der Waals surface area contributed by atoms with Crippen LogP contribution in [0, 0.1) is 11.3 Å². The molecule has 0 aromatic heterocycles. The van der Waals surface area contributed by atoms with Crippen molar-refractivity contribution in [3.63, 3.8) is 0 Å². The number of aliphatic hydroxyl groups excluding tert-OH is 1. The Morgan fingerprint density at radius 3 is 2.62 bits per heavy atom. The van der Waals surface area contributed by atoms with Crippen molar-refractivity contribution in [3.05, 3.63) is 0 Å². The van der Waals surface area contributed by atoms with Gasteiger partial charge in [-0.2, -0.15) is 0 Å². The Balaban J connectivity index is 2.58. The number of rotatable bonds is 2. The second-order valence-electron chi connectivity index (χ2n) is 4.69. The highest BCUT2D eigenvalue weighted by atomic mass is 16.3. The molecule has 1 atom stereocenters. The summed E-state index contributed by atoms with van der Waals surface area (Å²) in [5.41, 5.74) is -0.607. The maximum atomic E-state index is 11.8. The van der Waals surface area contributed by atoms with E-state index in [-0.39, 0.29) is 12.5 Å². The molecule has 1 amide bonds. The minimum Gasteiger partial charge on any atom is -0.395 e. The summed E-state index contributed by atoms with van der Waals surface area (Å²) in [6.07, 6.45) is 1.09. The van der Waals surface area contributed by atoms with Gasteiger partial charge in [0.25, 0.3) is 0 Å². The monoisotopic (exact) mass is 185 g/mol. The minimum atomic E-state index is -0.607. The third kappa shape index (κ3) is 2.21. The van der Waals surface area contributed by atoms with Crippen LogP contribution in [0.4, 0.5) is 0 Å². The van der Waals surface area contributed by atoms with E-state index in [1.807, 2.05) is 4.90 Å². The second-order valence-corrected chi connectivity index (χ2v) is 4.69. The molecule has 0 aromatic carbocycles. The average Bonchev–Trinajstić information content (AvgIpc) is 2.50. The van der Waals surface area contributed by atoms with Crippen molar-refractivity contribution in [2.75, 3.05) is 19.7 Å². The zero-order valence-electron chi connectivity index (χ0n) is 8.71. The molecule has 1 fully saturated rings. The van der Waals surface area contributed by atoms with Crippen molar-refractivity contribution in [2.24, 2.45) is 11.3 Å². The first kappa shape index (κ1) is 10.5. The van der Waals surface area contributed by atoms with Crippen LogP contribution < -0.4 is 0 Å². The fourth-order valence-electron chi connectivity index (χ4n) is 1.62. The molecule has 3 heteroatoms. The summed E-state index contributed by atoms with van der Waals surface area (Å²) in [5, 5.41) is 9.04. The molecule has 1 aliphatic heterocycles. The third-order valence-electron chi connectivity index (χ3n) is 2.69. The van der Waals surface area contributed by atoms with Crippen molar-refractivity contribution in [3.8, 4) is 0 Å². The molecule has 1 N–H and O–H groups in total. The van der Waals surface area contributed by atoms with Crippen LogP contribution >= 0.6 is 0 Å². The first-order valence-electron chi connectivity index (χ1n) is 4.87. The van der Waals surface area contributed by atoms with Gasteiger partial charge in [-0.25, -0.2) is 0 Å². The van der Waals surface area contributed by atoms with Gasteiger partial charge in [-0.05, 0) is 26.2 Å². The Labute approximate surface area is 79.7 Å². The van der Waals surface area contributed by atoms with Crippen LogP contribution in [-0.2, 0) is 4.79 Å². The van der Waals surface area contributed by atoms with E-state index in [1.165, 1.54) is 0 Å². The van der Waals surface area contributed by atoms with Crippen LogP contribution in [0.25, 0.3) is 0 Å². The zero-order chi connectivity index (χ0) is 10.1. The summed E-state index contributed by atoms with van der Waals surface area (Å²) in [7, 11) is 0. The van der Waals surface area contributed by atoms with E-state index in [0.29, 0.717) is 5.92 Å². The van der Waals surface area contributed by atoms with Crippen molar-refractivity contribution in [1.82, 2.24) is 4.90 Å². The molecular weight excluding hydrogens is 166 g/mol. The van der Waals surface area contributed by atoms with E-state index in [4.69, 9.17) is 5.11 Å². The molecule has 1 saturated heterocycles. The van der Waals surface area contributed by atoms with Crippen LogP contribution in [0.15, 0.2) is 0 Å². The first-order valence-corrected chi connectivity index (χ1v) is 4.87. The summed E-state index contributed by atoms with van der Waals surface area (Å²) in [4.78, 5) is 13.7. The summed E-state index contributed by atoms with van der Waals surface area (Å²) >= 11 is 0. The van der Waals surface area contributed by atoms with Gasteiger partial charge in [-0.15, -0.1) is 0 Å². The van der Waals surface area contributed by atoms with Gasteiger partial charge in [-0.3, -0.25) is 4.79 Å². The van der Waals surface area contributed by atoms with Crippen molar-refractivity contribution in [1.29, 1.82) is 0 Å². The van der Waals surface area contributed by atoms with E-state index in [1.54, 1.807) is 13.8 Å². The Kier molecular flexibility index (Phi) is 2.96. The second kappa shape index (κ2) is 3.66. The lowest BCUT2D eigenvalue weighted by molar-refractivity contribution is -0.141. The fraction of sp³-hybridized carbons (Fsp3) is 0.900. The molecule has 1 heterocycles. The predicted octanol–water partition coefficient (Wildman–Crippen LogP) is 0.873. The zero-order valence-corrected chi connectivity index (χ0v) is 8.71. The van der Waals surface area contributed by atoms with Crippen LogP contribution in [0.5, 0.6) is 0 Å². The molecule has 0 radical (unpaired) electrons. The highest BCUT2D eigenvalue weighted by Gasteiger charge is 2.34. The van der Waals surface area contributed by atoms with Gasteiger partial charge in [0.15, 0.2) is 0 Å². The molecular formula is C10H19NO2. The topological polar surface area (TPSA) is 40.5 Å². The lowest BCUT2D eigenvalue weighted by Gasteiger charge is -2.27. The van der Waals surface area contributed by atoms with E-state index in [2.05, 4.69) is 6.92 Å². The summed E-state index contributed by atoms with van der Waals surface area (Å²) in [6.45, 7) is 7.36. The smallest absolute Gasteiger partial charge is 0.230 e. The molecule has 0 bridgehead atoms. The lowest BCUT2D eigenvalue weighted by atomic mass is 9.93. The molecule has 76 valence electrons. The highest BCUT2D eigenvalue weighted by Crippen LogP contribution is 2.23. The number of nitrogens with zero attached hydrogens (tertiary/aromatic N) is 1. The van der Waals surface area contributed by atoms with Crippen molar-refractivity contribution in [2.45, 2.75) is 27.2 Å². The number of carbonyl (C=O) groups is 1. The van der Waals surface area contributed by atoms with E-state index in [0.717, 1.165) is 19.5 Å². The number of aliphatic hydroxyl groups is 1. The molecule has 13 heavy (non-hydrogen) atoms. The normalized spacial score (nSPS) is 23.7. The molecule has 1 unspecified atom stereocenters. The summed E-state index contributed by atoms with van der Waals surface area (Å²) in [6, 6.07) is 0. The summed E-state index contributed by atoms with van der Waals surface area (Å²) < 4.78 is 0. The SMILES string of the molecule is CC1CCN(C(=O)C(C)(C)CO)C1. The van der Waals surface area contributed by atoms with Gasteiger partial charge in [0.05, 0.1) is 12.0 Å². The van der Waals surface area contributed by atoms with Crippen LogP contribution in [-0.4, -0.2) is 35.6 Å². The molecule has 3 nitrogen and oxygen atoms in total. The van der Waals surface area contributed by atoms with Gasteiger partial charge in [-0.1, -0.05) is 6.92 Å². The quantitative estimate of drug-likeness (QED) is 0.693. The Hall–Kier alpha value is -0.570. The maximum absolute atomic E-state index is 11.8. The molecule has 1 aliphatic rings. The number of hydrogen-bond acceptors (Lipinski definition) is 2. The minimum absolute atomic E-state index is 0.0727. The van der Waals surface area contributed by atoms with Crippen molar-refractivity contribution < 1.29 is 9.90 Å². The Morgan fingerprint density at radius 2 is 2.23 bits per heavy atom. The van der Waals surface area contributed by atoms with E-state index < -0.39 is 5.41 Å². The Morgan fingerprint density at radius 1 is 1.62 bits per heavy atom. The van der Waals surface area contributed by atoms with Gasteiger partial charge in [0, 0.05) is 13.1 Å². The average molecular weight is 185 g/mol. The number of amides is 1. The molecule has 0 aromatic rings. The standard InChI is InChI=1S/C10H19NO2/c1-8-4-5-11(6-8)9(13)10(2,3)7-12/h8,12H,4-7H2,1-3H3. The summed E-state index contributed by atoms with van der Waals surface area (Å²) in [5.74, 6) is 0.692. The van der Waals surface area contributed by atoms with Crippen LogP contribution in [0.2, 0.25) is 0 Å². The number of carbonyl (C=O) groups excluding carboxylic acids is 1. The lowest BCUT2D eigenvalue weighted by Crippen LogP contribution is -2.41. The molecule has 1 rings (SSSR count). The van der Waals surface area contributed by atoms with Gasteiger partial charge >= 0.3 is 0 Å². The number of likely N-dealkylation sites (tertiary alicyclic amines) is 1. The fourth-order valence-corrected chi connectivity index (χ4v) is 1.62. The third-order valence-corrected chi connectivity index (χ3v) is 2.69. The van der Waals surface area contributed by atoms with E-state index in [9.17, 15) is 4.79 Å².